The molecule has 0 saturated heterocycles. The molecule has 1 atom stereocenters. The van der Waals surface area contributed by atoms with E-state index in [0.717, 1.165) is 25.1 Å². The fourth-order valence-electron chi connectivity index (χ4n) is 3.05. The smallest absolute Gasteiger partial charge is 0.125 e. The van der Waals surface area contributed by atoms with Crippen molar-refractivity contribution in [2.45, 2.75) is 46.6 Å². The lowest BCUT2D eigenvalue weighted by Crippen LogP contribution is -2.32. The summed E-state index contributed by atoms with van der Waals surface area (Å²) in [5, 5.41) is 3.66. The average molecular weight is 326 g/mol. The Hall–Kier alpha value is -0.540. The van der Waals surface area contributed by atoms with E-state index in [9.17, 15) is 0 Å². The molecule has 0 aromatic heterocycles. The zero-order valence-electron chi connectivity index (χ0n) is 12.6. The number of halogens is 1. The van der Waals surface area contributed by atoms with Gasteiger partial charge in [-0.25, -0.2) is 0 Å². The van der Waals surface area contributed by atoms with Crippen LogP contribution in [-0.2, 0) is 6.42 Å². The Balaban J connectivity index is 2.59. The topological polar surface area (TPSA) is 21.3 Å². The third-order valence-electron chi connectivity index (χ3n) is 4.09. The SMILES string of the molecule is COc1c(C)c(C)c(Br)c2c1CCNC2CC(C)C. The number of ether oxygens (including phenoxy) is 1. The van der Waals surface area contributed by atoms with E-state index in [1.54, 1.807) is 7.11 Å². The fourth-order valence-corrected chi connectivity index (χ4v) is 3.86. The van der Waals surface area contributed by atoms with Gasteiger partial charge in [-0.1, -0.05) is 29.8 Å². The first-order valence-corrected chi connectivity index (χ1v) is 7.85. The first-order chi connectivity index (χ1) is 8.97. The number of hydrogen-bond donors (Lipinski definition) is 1. The fraction of sp³-hybridized carbons (Fsp3) is 0.625. The van der Waals surface area contributed by atoms with Gasteiger partial charge in [-0.3, -0.25) is 0 Å². The van der Waals surface area contributed by atoms with E-state index in [-0.39, 0.29) is 0 Å². The summed E-state index contributed by atoms with van der Waals surface area (Å²) < 4.78 is 6.95. The van der Waals surface area contributed by atoms with Crippen molar-refractivity contribution in [3.63, 3.8) is 0 Å². The Kier molecular flexibility index (Phi) is 4.57. The van der Waals surface area contributed by atoms with Crippen molar-refractivity contribution in [3.05, 3.63) is 26.7 Å². The monoisotopic (exact) mass is 325 g/mol. The second-order valence-corrected chi connectivity index (χ2v) is 6.67. The van der Waals surface area contributed by atoms with E-state index >= 15 is 0 Å². The first-order valence-electron chi connectivity index (χ1n) is 7.06. The lowest BCUT2D eigenvalue weighted by atomic mass is 9.86. The normalized spacial score (nSPS) is 18.6. The molecule has 1 heterocycles. The lowest BCUT2D eigenvalue weighted by Gasteiger charge is -2.32. The Morgan fingerprint density at radius 1 is 1.32 bits per heavy atom. The van der Waals surface area contributed by atoms with Gasteiger partial charge >= 0.3 is 0 Å². The Labute approximate surface area is 125 Å². The molecule has 1 aliphatic rings. The summed E-state index contributed by atoms with van der Waals surface area (Å²) in [5.41, 5.74) is 5.37. The van der Waals surface area contributed by atoms with Crippen LogP contribution in [0.25, 0.3) is 0 Å². The summed E-state index contributed by atoms with van der Waals surface area (Å²) in [4.78, 5) is 0. The van der Waals surface area contributed by atoms with Crippen LogP contribution in [0.15, 0.2) is 4.47 Å². The molecule has 0 aliphatic carbocycles. The van der Waals surface area contributed by atoms with Gasteiger partial charge < -0.3 is 10.1 Å². The lowest BCUT2D eigenvalue weighted by molar-refractivity contribution is 0.381. The largest absolute Gasteiger partial charge is 0.496 e. The molecule has 2 nitrogen and oxygen atoms in total. The van der Waals surface area contributed by atoms with Gasteiger partial charge in [-0.2, -0.15) is 0 Å². The van der Waals surface area contributed by atoms with Gasteiger partial charge in [0.15, 0.2) is 0 Å². The number of methoxy groups -OCH3 is 1. The summed E-state index contributed by atoms with van der Waals surface area (Å²) in [6.07, 6.45) is 2.21. The van der Waals surface area contributed by atoms with Gasteiger partial charge in [0.2, 0.25) is 0 Å². The highest BCUT2D eigenvalue weighted by atomic mass is 79.9. The first kappa shape index (κ1) is 14.9. The molecule has 0 spiro atoms. The molecule has 0 fully saturated rings. The molecule has 0 radical (unpaired) electrons. The molecule has 0 amide bonds. The quantitative estimate of drug-likeness (QED) is 0.894. The zero-order chi connectivity index (χ0) is 14.2. The van der Waals surface area contributed by atoms with E-state index in [4.69, 9.17) is 4.74 Å². The van der Waals surface area contributed by atoms with Crippen LogP contribution in [0.2, 0.25) is 0 Å². The highest BCUT2D eigenvalue weighted by Crippen LogP contribution is 2.42. The summed E-state index contributed by atoms with van der Waals surface area (Å²) in [7, 11) is 1.79. The highest BCUT2D eigenvalue weighted by molar-refractivity contribution is 9.10. The molecule has 0 saturated carbocycles. The van der Waals surface area contributed by atoms with Crippen molar-refractivity contribution in [1.82, 2.24) is 5.32 Å². The van der Waals surface area contributed by atoms with E-state index in [2.05, 4.69) is 48.9 Å². The minimum Gasteiger partial charge on any atom is -0.496 e. The van der Waals surface area contributed by atoms with E-state index in [1.165, 1.54) is 26.7 Å². The molecule has 1 aromatic carbocycles. The standard InChI is InChI=1S/C16H24BrNO/c1-9(2)8-13-14-12(6-7-18-13)16(19-5)11(4)10(3)15(14)17/h9,13,18H,6-8H2,1-5H3. The van der Waals surface area contributed by atoms with E-state index in [0.29, 0.717) is 12.0 Å². The van der Waals surface area contributed by atoms with Crippen molar-refractivity contribution in [2.75, 3.05) is 13.7 Å². The summed E-state index contributed by atoms with van der Waals surface area (Å²) in [6.45, 7) is 9.92. The number of benzene rings is 1. The number of nitrogens with one attached hydrogen (secondary N) is 1. The molecule has 19 heavy (non-hydrogen) atoms. The maximum atomic E-state index is 5.68. The summed E-state index contributed by atoms with van der Waals surface area (Å²) in [6, 6.07) is 0.436. The van der Waals surface area contributed by atoms with Crippen LogP contribution in [0.3, 0.4) is 0 Å². The van der Waals surface area contributed by atoms with Crippen LogP contribution in [0.1, 0.15) is 48.6 Å². The number of hydrogen-bond acceptors (Lipinski definition) is 2. The van der Waals surface area contributed by atoms with Gasteiger partial charge in [0.25, 0.3) is 0 Å². The minimum absolute atomic E-state index is 0.436. The van der Waals surface area contributed by atoms with Crippen LogP contribution >= 0.6 is 15.9 Å². The molecular weight excluding hydrogens is 302 g/mol. The van der Waals surface area contributed by atoms with Crippen LogP contribution in [0.4, 0.5) is 0 Å². The number of fused-ring (bicyclic) bond motifs is 1. The van der Waals surface area contributed by atoms with Gasteiger partial charge in [0.1, 0.15) is 5.75 Å². The highest BCUT2D eigenvalue weighted by Gasteiger charge is 2.28. The molecule has 3 heteroatoms. The van der Waals surface area contributed by atoms with Crippen molar-refractivity contribution >= 4 is 15.9 Å². The van der Waals surface area contributed by atoms with Crippen LogP contribution in [0, 0.1) is 19.8 Å². The molecule has 1 unspecified atom stereocenters. The van der Waals surface area contributed by atoms with Crippen molar-refractivity contribution < 1.29 is 4.74 Å². The number of rotatable bonds is 3. The predicted octanol–water partition coefficient (Wildman–Crippen LogP) is 4.31. The molecule has 106 valence electrons. The zero-order valence-corrected chi connectivity index (χ0v) is 14.1. The van der Waals surface area contributed by atoms with Crippen LogP contribution < -0.4 is 10.1 Å². The molecular formula is C16H24BrNO. The van der Waals surface area contributed by atoms with Gasteiger partial charge in [0.05, 0.1) is 7.11 Å². The molecule has 2 rings (SSSR count). The second-order valence-electron chi connectivity index (χ2n) is 5.88. The minimum atomic E-state index is 0.436. The summed E-state index contributed by atoms with van der Waals surface area (Å²) >= 11 is 3.81. The van der Waals surface area contributed by atoms with Crippen molar-refractivity contribution in [1.29, 1.82) is 0 Å². The van der Waals surface area contributed by atoms with Crippen LogP contribution in [0.5, 0.6) is 5.75 Å². The Morgan fingerprint density at radius 2 is 2.00 bits per heavy atom. The average Bonchev–Trinajstić information content (AvgIpc) is 2.36. The second kappa shape index (κ2) is 5.84. The molecule has 0 bridgehead atoms. The van der Waals surface area contributed by atoms with E-state index in [1.807, 2.05) is 0 Å². The Bertz CT molecular complexity index is 482. The molecule has 1 N–H and O–H groups in total. The van der Waals surface area contributed by atoms with Gasteiger partial charge in [0, 0.05) is 16.1 Å². The maximum Gasteiger partial charge on any atom is 0.125 e. The predicted molar refractivity (Wildman–Crippen MR) is 84.1 cm³/mol. The third-order valence-corrected chi connectivity index (χ3v) is 5.12. The Morgan fingerprint density at radius 3 is 2.58 bits per heavy atom. The maximum absolute atomic E-state index is 5.68. The third kappa shape index (κ3) is 2.68. The van der Waals surface area contributed by atoms with Crippen molar-refractivity contribution in [3.8, 4) is 5.75 Å². The van der Waals surface area contributed by atoms with Crippen molar-refractivity contribution in [2.24, 2.45) is 5.92 Å². The van der Waals surface area contributed by atoms with Gasteiger partial charge in [-0.05, 0) is 55.8 Å². The molecule has 1 aliphatic heterocycles. The van der Waals surface area contributed by atoms with Crippen LogP contribution in [-0.4, -0.2) is 13.7 Å². The van der Waals surface area contributed by atoms with Gasteiger partial charge in [-0.15, -0.1) is 0 Å². The summed E-state index contributed by atoms with van der Waals surface area (Å²) in [5.74, 6) is 1.77. The molecule has 1 aromatic rings. The van der Waals surface area contributed by atoms with E-state index < -0.39 is 0 Å².